The van der Waals surface area contributed by atoms with Crippen molar-refractivity contribution in [2.75, 3.05) is 6.54 Å². The van der Waals surface area contributed by atoms with E-state index in [4.69, 9.17) is 4.74 Å². The van der Waals surface area contributed by atoms with Gasteiger partial charge in [0.1, 0.15) is 24.6 Å². The number of esters is 1. The lowest BCUT2D eigenvalue weighted by Gasteiger charge is -2.08. The molecule has 138 valence electrons. The molecule has 2 aromatic heterocycles. The second-order valence-electron chi connectivity index (χ2n) is 5.79. The summed E-state index contributed by atoms with van der Waals surface area (Å²) in [4.78, 5) is 40.1. The van der Waals surface area contributed by atoms with Gasteiger partial charge in [0.15, 0.2) is 0 Å². The van der Waals surface area contributed by atoms with Gasteiger partial charge in [0, 0.05) is 12.3 Å². The topological polar surface area (TPSA) is 89.8 Å². The number of nitrogens with zero attached hydrogens (tertiary/aromatic N) is 2. The zero-order chi connectivity index (χ0) is 19.4. The SMILES string of the molecule is Cc1cccn2c(=O)cc(COC(=O)CNC(=O)c3ccccc3F)nc12. The van der Waals surface area contributed by atoms with Crippen molar-refractivity contribution in [2.45, 2.75) is 13.5 Å². The van der Waals surface area contributed by atoms with Crippen LogP contribution in [-0.2, 0) is 16.1 Å². The van der Waals surface area contributed by atoms with Crippen molar-refractivity contribution < 1.29 is 18.7 Å². The lowest BCUT2D eigenvalue weighted by Crippen LogP contribution is -2.31. The Bertz CT molecular complexity index is 1080. The summed E-state index contributed by atoms with van der Waals surface area (Å²) in [6.07, 6.45) is 1.60. The van der Waals surface area contributed by atoms with Crippen LogP contribution in [0.5, 0.6) is 0 Å². The number of amides is 1. The molecule has 0 aliphatic heterocycles. The van der Waals surface area contributed by atoms with Crippen LogP contribution in [-0.4, -0.2) is 27.8 Å². The van der Waals surface area contributed by atoms with Crippen molar-refractivity contribution >= 4 is 17.5 Å². The Labute approximate surface area is 153 Å². The van der Waals surface area contributed by atoms with E-state index in [1.54, 1.807) is 12.3 Å². The van der Waals surface area contributed by atoms with E-state index in [0.717, 1.165) is 11.6 Å². The number of hydrogen-bond acceptors (Lipinski definition) is 5. The fourth-order valence-electron chi connectivity index (χ4n) is 2.48. The summed E-state index contributed by atoms with van der Waals surface area (Å²) in [5.41, 5.74) is 1.12. The largest absolute Gasteiger partial charge is 0.458 e. The minimum absolute atomic E-state index is 0.162. The zero-order valence-electron chi connectivity index (χ0n) is 14.4. The van der Waals surface area contributed by atoms with Crippen LogP contribution in [0.2, 0.25) is 0 Å². The molecule has 2 heterocycles. The minimum atomic E-state index is -0.730. The van der Waals surface area contributed by atoms with Gasteiger partial charge >= 0.3 is 5.97 Å². The summed E-state index contributed by atoms with van der Waals surface area (Å²) in [6, 6.07) is 10.3. The minimum Gasteiger partial charge on any atom is -0.458 e. The number of carbonyl (C=O) groups is 2. The predicted molar refractivity (Wildman–Crippen MR) is 94.7 cm³/mol. The van der Waals surface area contributed by atoms with Gasteiger partial charge < -0.3 is 10.1 Å². The van der Waals surface area contributed by atoms with Crippen molar-refractivity contribution in [2.24, 2.45) is 0 Å². The van der Waals surface area contributed by atoms with Gasteiger partial charge in [-0.2, -0.15) is 0 Å². The van der Waals surface area contributed by atoms with E-state index in [2.05, 4.69) is 10.3 Å². The second-order valence-corrected chi connectivity index (χ2v) is 5.79. The number of rotatable bonds is 5. The van der Waals surface area contributed by atoms with Gasteiger partial charge in [-0.1, -0.05) is 18.2 Å². The standard InChI is InChI=1S/C19H16FN3O4/c1-12-5-4-8-23-16(24)9-13(22-18(12)23)11-27-17(25)10-21-19(26)14-6-2-3-7-15(14)20/h2-9H,10-11H2,1H3,(H,21,26). The molecule has 0 spiro atoms. The molecule has 1 N–H and O–H groups in total. The fourth-order valence-corrected chi connectivity index (χ4v) is 2.48. The third-order valence-electron chi connectivity index (χ3n) is 3.83. The Morgan fingerprint density at radius 2 is 2.00 bits per heavy atom. The average molecular weight is 369 g/mol. The molecule has 7 nitrogen and oxygen atoms in total. The Hall–Kier alpha value is -3.55. The Morgan fingerprint density at radius 3 is 2.78 bits per heavy atom. The quantitative estimate of drug-likeness (QED) is 0.690. The molecule has 0 aliphatic carbocycles. The first kappa shape index (κ1) is 18.2. The van der Waals surface area contributed by atoms with Gasteiger partial charge in [-0.15, -0.1) is 0 Å². The highest BCUT2D eigenvalue weighted by atomic mass is 19.1. The third-order valence-corrected chi connectivity index (χ3v) is 3.83. The fraction of sp³-hybridized carbons (Fsp3) is 0.158. The van der Waals surface area contributed by atoms with Gasteiger partial charge in [-0.25, -0.2) is 9.37 Å². The molecular weight excluding hydrogens is 353 g/mol. The maximum Gasteiger partial charge on any atom is 0.325 e. The number of carbonyl (C=O) groups excluding carboxylic acids is 2. The summed E-state index contributed by atoms with van der Waals surface area (Å²) in [7, 11) is 0. The van der Waals surface area contributed by atoms with E-state index in [-0.39, 0.29) is 17.7 Å². The van der Waals surface area contributed by atoms with Crippen LogP contribution < -0.4 is 10.9 Å². The van der Waals surface area contributed by atoms with Crippen molar-refractivity contribution in [3.05, 3.63) is 81.7 Å². The van der Waals surface area contributed by atoms with Crippen molar-refractivity contribution in [1.29, 1.82) is 0 Å². The van der Waals surface area contributed by atoms with Crippen LogP contribution in [0.1, 0.15) is 21.6 Å². The Kier molecular flexibility index (Phi) is 5.25. The normalized spacial score (nSPS) is 10.6. The number of aromatic nitrogens is 2. The van der Waals surface area contributed by atoms with Crippen LogP contribution in [0.15, 0.2) is 53.5 Å². The first-order valence-electron chi connectivity index (χ1n) is 8.12. The van der Waals surface area contributed by atoms with Crippen molar-refractivity contribution in [3.8, 4) is 0 Å². The number of benzene rings is 1. The molecule has 0 radical (unpaired) electrons. The van der Waals surface area contributed by atoms with Crippen LogP contribution in [0.25, 0.3) is 5.65 Å². The van der Waals surface area contributed by atoms with E-state index < -0.39 is 24.2 Å². The average Bonchev–Trinajstić information content (AvgIpc) is 2.65. The number of aryl methyl sites for hydroxylation is 1. The summed E-state index contributed by atoms with van der Waals surface area (Å²) in [5.74, 6) is -2.13. The maximum absolute atomic E-state index is 13.5. The number of hydrogen-bond donors (Lipinski definition) is 1. The number of nitrogens with one attached hydrogen (secondary N) is 1. The van der Waals surface area contributed by atoms with Gasteiger partial charge in [0.05, 0.1) is 11.3 Å². The molecule has 0 bridgehead atoms. The lowest BCUT2D eigenvalue weighted by molar-refractivity contribution is -0.143. The summed E-state index contributed by atoms with van der Waals surface area (Å²) < 4.78 is 19.9. The highest BCUT2D eigenvalue weighted by Crippen LogP contribution is 2.07. The summed E-state index contributed by atoms with van der Waals surface area (Å²) >= 11 is 0. The first-order valence-corrected chi connectivity index (χ1v) is 8.12. The summed E-state index contributed by atoms with van der Waals surface area (Å²) in [5, 5.41) is 2.29. The number of pyridine rings is 1. The zero-order valence-corrected chi connectivity index (χ0v) is 14.4. The second kappa shape index (κ2) is 7.77. The molecule has 0 saturated heterocycles. The molecule has 1 amide bonds. The molecule has 0 fully saturated rings. The lowest BCUT2D eigenvalue weighted by atomic mass is 10.2. The van der Waals surface area contributed by atoms with E-state index >= 15 is 0 Å². The third kappa shape index (κ3) is 4.17. The van der Waals surface area contributed by atoms with E-state index in [1.807, 2.05) is 13.0 Å². The van der Waals surface area contributed by atoms with E-state index in [0.29, 0.717) is 11.3 Å². The molecule has 27 heavy (non-hydrogen) atoms. The highest BCUT2D eigenvalue weighted by molar-refractivity contribution is 5.96. The van der Waals surface area contributed by atoms with Crippen LogP contribution in [0.3, 0.4) is 0 Å². The molecule has 3 rings (SSSR count). The predicted octanol–water partition coefficient (Wildman–Crippen LogP) is 1.62. The maximum atomic E-state index is 13.5. The van der Waals surface area contributed by atoms with Crippen LogP contribution >= 0.6 is 0 Å². The summed E-state index contributed by atoms with van der Waals surface area (Å²) in [6.45, 7) is 1.17. The van der Waals surface area contributed by atoms with Gasteiger partial charge in [0.2, 0.25) is 0 Å². The van der Waals surface area contributed by atoms with Crippen LogP contribution in [0, 0.1) is 12.7 Å². The number of halogens is 1. The molecule has 1 aromatic carbocycles. The molecule has 0 saturated carbocycles. The molecule has 0 aliphatic rings. The molecule has 0 unspecified atom stereocenters. The van der Waals surface area contributed by atoms with Crippen molar-refractivity contribution in [1.82, 2.24) is 14.7 Å². The molecule has 0 atom stereocenters. The van der Waals surface area contributed by atoms with E-state index in [1.165, 1.54) is 28.7 Å². The number of ether oxygens (including phenoxy) is 1. The van der Waals surface area contributed by atoms with E-state index in [9.17, 15) is 18.8 Å². The Balaban J connectivity index is 1.60. The van der Waals surface area contributed by atoms with Gasteiger partial charge in [-0.3, -0.25) is 18.8 Å². The van der Waals surface area contributed by atoms with Crippen LogP contribution in [0.4, 0.5) is 4.39 Å². The van der Waals surface area contributed by atoms with Gasteiger partial charge in [-0.05, 0) is 30.7 Å². The van der Waals surface area contributed by atoms with Crippen molar-refractivity contribution in [3.63, 3.8) is 0 Å². The molecular formula is C19H16FN3O4. The smallest absolute Gasteiger partial charge is 0.325 e. The van der Waals surface area contributed by atoms with Gasteiger partial charge in [0.25, 0.3) is 11.5 Å². The molecule has 8 heteroatoms. The number of fused-ring (bicyclic) bond motifs is 1. The highest BCUT2D eigenvalue weighted by Gasteiger charge is 2.13. The first-order chi connectivity index (χ1) is 13.0. The monoisotopic (exact) mass is 369 g/mol. The Morgan fingerprint density at radius 1 is 1.22 bits per heavy atom. The molecule has 3 aromatic rings.